The largest absolute Gasteiger partial charge is 0.467 e. The van der Waals surface area contributed by atoms with Gasteiger partial charge in [0, 0.05) is 35.9 Å². The van der Waals surface area contributed by atoms with Crippen molar-refractivity contribution in [3.8, 4) is 22.9 Å². The molecule has 0 spiro atoms. The van der Waals surface area contributed by atoms with Gasteiger partial charge in [-0.1, -0.05) is 30.3 Å². The minimum atomic E-state index is -0.558. The summed E-state index contributed by atoms with van der Waals surface area (Å²) in [6.45, 7) is 2.36. The fourth-order valence-corrected chi connectivity index (χ4v) is 4.56. The van der Waals surface area contributed by atoms with Crippen molar-refractivity contribution in [2.75, 3.05) is 6.79 Å². The molecule has 1 atom stereocenters. The molecule has 0 aliphatic carbocycles. The lowest BCUT2D eigenvalue weighted by atomic mass is 9.93. The fraction of sp³-hybridized carbons (Fsp3) is 0.214. The summed E-state index contributed by atoms with van der Waals surface area (Å²) >= 11 is 0. The Kier molecular flexibility index (Phi) is 8.08. The van der Waals surface area contributed by atoms with Gasteiger partial charge in [-0.05, 0) is 35.7 Å². The number of nitro benzene ring substituents is 1. The molecule has 0 amide bonds. The third-order valence-electron chi connectivity index (χ3n) is 6.41. The number of aryl methyl sites for hydroxylation is 2. The molecule has 1 aliphatic heterocycles. The van der Waals surface area contributed by atoms with Crippen LogP contribution in [0.4, 0.5) is 5.69 Å². The van der Waals surface area contributed by atoms with Crippen molar-refractivity contribution in [3.63, 3.8) is 0 Å². The Morgan fingerprint density at radius 2 is 2.03 bits per heavy atom. The van der Waals surface area contributed by atoms with Gasteiger partial charge in [0.25, 0.3) is 5.69 Å². The predicted molar refractivity (Wildman–Crippen MR) is 142 cm³/mol. The van der Waals surface area contributed by atoms with Gasteiger partial charge in [0.05, 0.1) is 48.0 Å². The van der Waals surface area contributed by atoms with Gasteiger partial charge >= 0.3 is 0 Å². The first-order valence-electron chi connectivity index (χ1n) is 11.6. The summed E-state index contributed by atoms with van der Waals surface area (Å²) in [5.41, 5.74) is 6.12. The van der Waals surface area contributed by atoms with Crippen LogP contribution in [0.3, 0.4) is 0 Å². The van der Waals surface area contributed by atoms with Crippen LogP contribution in [0.5, 0.6) is 5.75 Å². The van der Waals surface area contributed by atoms with Gasteiger partial charge in [0.15, 0.2) is 6.79 Å². The van der Waals surface area contributed by atoms with Crippen molar-refractivity contribution >= 4 is 18.1 Å². The van der Waals surface area contributed by atoms with Gasteiger partial charge < -0.3 is 18.8 Å². The van der Waals surface area contributed by atoms with Crippen LogP contribution in [0.25, 0.3) is 11.1 Å². The molecule has 1 unspecified atom stereocenters. The molecule has 1 aliphatic rings. The van der Waals surface area contributed by atoms with Gasteiger partial charge in [-0.15, -0.1) is 12.4 Å². The van der Waals surface area contributed by atoms with Gasteiger partial charge in [0.2, 0.25) is 0 Å². The van der Waals surface area contributed by atoms with E-state index >= 15 is 0 Å². The number of benzene rings is 3. The van der Waals surface area contributed by atoms with Crippen molar-refractivity contribution in [1.82, 2.24) is 9.55 Å². The van der Waals surface area contributed by atoms with Crippen molar-refractivity contribution < 1.29 is 19.1 Å². The van der Waals surface area contributed by atoms with Crippen LogP contribution in [0, 0.1) is 28.4 Å². The number of hydrogen-bond acceptors (Lipinski definition) is 7. The van der Waals surface area contributed by atoms with Crippen LogP contribution < -0.4 is 4.74 Å². The van der Waals surface area contributed by atoms with E-state index in [0.29, 0.717) is 22.4 Å². The fourth-order valence-electron chi connectivity index (χ4n) is 4.56. The SMILES string of the molecule is Cc1ccccc1-c1cc(C(OCc2cc([N+](=O)[O-])cc3c2OCOC3)c2cncn2C)ccc1C#N.Cl. The van der Waals surface area contributed by atoms with E-state index in [1.54, 1.807) is 18.6 Å². The molecule has 2 heterocycles. The molecule has 0 N–H and O–H groups in total. The highest BCUT2D eigenvalue weighted by Gasteiger charge is 2.25. The second-order valence-corrected chi connectivity index (χ2v) is 8.81. The van der Waals surface area contributed by atoms with E-state index in [2.05, 4.69) is 11.1 Å². The molecule has 38 heavy (non-hydrogen) atoms. The van der Waals surface area contributed by atoms with E-state index < -0.39 is 11.0 Å². The number of ether oxygens (including phenoxy) is 3. The summed E-state index contributed by atoms with van der Waals surface area (Å²) in [7, 11) is 1.88. The minimum absolute atomic E-state index is 0. The number of non-ortho nitro benzene ring substituents is 1. The topological polar surface area (TPSA) is 112 Å². The Labute approximate surface area is 225 Å². The quantitative estimate of drug-likeness (QED) is 0.219. The molecule has 1 aromatic heterocycles. The highest BCUT2D eigenvalue weighted by molar-refractivity contribution is 5.85. The van der Waals surface area contributed by atoms with E-state index in [4.69, 9.17) is 14.2 Å². The Morgan fingerprint density at radius 1 is 1.21 bits per heavy atom. The number of rotatable bonds is 7. The Hall–Kier alpha value is -4.23. The number of nitrogens with zero attached hydrogens (tertiary/aromatic N) is 4. The monoisotopic (exact) mass is 532 g/mol. The standard InChI is InChI=1S/C28H24N4O5.ClH/c1-18-5-3-4-6-24(18)25-11-19(7-8-20(25)12-29)28(26-13-30-16-31(26)2)36-15-22-10-23(32(33)34)9-21-14-35-17-37-27(21)22;/h3-11,13,16,28H,14-15,17H2,1-2H3;1H. The van der Waals surface area contributed by atoms with E-state index in [0.717, 1.165) is 27.9 Å². The molecule has 0 radical (unpaired) electrons. The molecule has 10 heteroatoms. The van der Waals surface area contributed by atoms with Crippen LogP contribution in [0.15, 0.2) is 67.1 Å². The zero-order valence-electron chi connectivity index (χ0n) is 20.8. The van der Waals surface area contributed by atoms with Crippen molar-refractivity contribution in [2.45, 2.75) is 26.2 Å². The second-order valence-electron chi connectivity index (χ2n) is 8.81. The number of aromatic nitrogens is 2. The molecule has 3 aromatic carbocycles. The first kappa shape index (κ1) is 26.8. The first-order valence-corrected chi connectivity index (χ1v) is 11.6. The Bertz CT molecular complexity index is 1530. The maximum atomic E-state index is 11.5. The molecule has 0 saturated heterocycles. The third-order valence-corrected chi connectivity index (χ3v) is 6.41. The van der Waals surface area contributed by atoms with Gasteiger partial charge in [-0.3, -0.25) is 10.1 Å². The third kappa shape index (κ3) is 5.24. The molecule has 9 nitrogen and oxygen atoms in total. The van der Waals surface area contributed by atoms with E-state index in [9.17, 15) is 15.4 Å². The van der Waals surface area contributed by atoms with Crippen LogP contribution in [0.2, 0.25) is 0 Å². The first-order chi connectivity index (χ1) is 18.0. The summed E-state index contributed by atoms with van der Waals surface area (Å²) in [5.74, 6) is 0.543. The highest BCUT2D eigenvalue weighted by atomic mass is 35.5. The van der Waals surface area contributed by atoms with E-state index in [-0.39, 0.29) is 38.1 Å². The number of halogens is 1. The van der Waals surface area contributed by atoms with Crippen LogP contribution in [0.1, 0.15) is 39.6 Å². The summed E-state index contributed by atoms with van der Waals surface area (Å²) in [6, 6.07) is 18.8. The lowest BCUT2D eigenvalue weighted by molar-refractivity contribution is -0.385. The average molecular weight is 533 g/mol. The average Bonchev–Trinajstić information content (AvgIpc) is 3.34. The number of hydrogen-bond donors (Lipinski definition) is 0. The zero-order chi connectivity index (χ0) is 25.9. The smallest absolute Gasteiger partial charge is 0.270 e. The number of imidazole rings is 1. The van der Waals surface area contributed by atoms with Gasteiger partial charge in [0.1, 0.15) is 11.9 Å². The van der Waals surface area contributed by atoms with Crippen LogP contribution in [-0.2, 0) is 29.7 Å². The summed E-state index contributed by atoms with van der Waals surface area (Å²) in [4.78, 5) is 15.4. The molecule has 0 bridgehead atoms. The van der Waals surface area contributed by atoms with E-state index in [1.165, 1.54) is 12.1 Å². The molecule has 0 fully saturated rings. The van der Waals surface area contributed by atoms with Crippen molar-refractivity contribution in [3.05, 3.63) is 111 Å². The van der Waals surface area contributed by atoms with Crippen molar-refractivity contribution in [1.29, 1.82) is 5.26 Å². The van der Waals surface area contributed by atoms with Gasteiger partial charge in [-0.25, -0.2) is 4.98 Å². The highest BCUT2D eigenvalue weighted by Crippen LogP contribution is 2.37. The Morgan fingerprint density at radius 3 is 2.74 bits per heavy atom. The maximum Gasteiger partial charge on any atom is 0.270 e. The number of nitro groups is 1. The normalized spacial score (nSPS) is 13.0. The molecule has 0 saturated carbocycles. The molecule has 4 aromatic rings. The second kappa shape index (κ2) is 11.4. The summed E-state index contributed by atoms with van der Waals surface area (Å²) in [6.07, 6.45) is 2.86. The van der Waals surface area contributed by atoms with Gasteiger partial charge in [-0.2, -0.15) is 5.26 Å². The number of nitriles is 1. The maximum absolute atomic E-state index is 11.5. The van der Waals surface area contributed by atoms with Crippen molar-refractivity contribution in [2.24, 2.45) is 7.05 Å². The minimum Gasteiger partial charge on any atom is -0.467 e. The Balaban J connectivity index is 0.00000336. The summed E-state index contributed by atoms with van der Waals surface area (Å²) in [5, 5.41) is 21.3. The molecule has 5 rings (SSSR count). The summed E-state index contributed by atoms with van der Waals surface area (Å²) < 4.78 is 19.3. The lowest BCUT2D eigenvalue weighted by Crippen LogP contribution is -2.15. The molecular formula is C28H25ClN4O5. The van der Waals surface area contributed by atoms with Crippen LogP contribution in [-0.4, -0.2) is 21.3 Å². The van der Waals surface area contributed by atoms with Crippen LogP contribution >= 0.6 is 12.4 Å². The lowest BCUT2D eigenvalue weighted by Gasteiger charge is -2.23. The zero-order valence-corrected chi connectivity index (χ0v) is 21.6. The molecule has 194 valence electrons. The predicted octanol–water partition coefficient (Wildman–Crippen LogP) is 5.77. The molecular weight excluding hydrogens is 508 g/mol. The number of fused-ring (bicyclic) bond motifs is 1. The van der Waals surface area contributed by atoms with E-state index in [1.807, 2.05) is 54.9 Å².